The van der Waals surface area contributed by atoms with Crippen LogP contribution < -0.4 is 0 Å². The van der Waals surface area contributed by atoms with Gasteiger partial charge in [-0.25, -0.2) is 9.97 Å². The first-order chi connectivity index (χ1) is 32.1. The first-order valence-corrected chi connectivity index (χ1v) is 21.5. The number of aromatic nitrogens is 3. The highest BCUT2D eigenvalue weighted by Crippen LogP contribution is 2.45. The molecule has 0 spiro atoms. The first-order valence-electron chi connectivity index (χ1n) is 21.5. The molecule has 0 bridgehead atoms. The Hall–Kier alpha value is -9.16. The summed E-state index contributed by atoms with van der Waals surface area (Å²) in [5.41, 5.74) is 16.4. The average molecular weight is 828 g/mol. The Morgan fingerprint density at radius 3 is 1.20 bits per heavy atom. The number of benzene rings is 9. The van der Waals surface area contributed by atoms with Gasteiger partial charge < -0.3 is 4.57 Å². The molecule has 2 heterocycles. The maximum atomic E-state index is 10.3. The predicted molar refractivity (Wildman–Crippen MR) is 264 cm³/mol. The first kappa shape index (κ1) is 38.7. The summed E-state index contributed by atoms with van der Waals surface area (Å²) < 4.78 is 2.37. The van der Waals surface area contributed by atoms with E-state index in [-0.39, 0.29) is 0 Å². The average Bonchev–Trinajstić information content (AvgIpc) is 3.71. The summed E-state index contributed by atoms with van der Waals surface area (Å²) in [5.74, 6) is 0.609. The van der Waals surface area contributed by atoms with Crippen molar-refractivity contribution >= 4 is 21.8 Å². The molecule has 9 aromatic carbocycles. The molecule has 0 saturated carbocycles. The van der Waals surface area contributed by atoms with Gasteiger partial charge in [0.1, 0.15) is 0 Å². The van der Waals surface area contributed by atoms with Crippen LogP contribution in [-0.2, 0) is 0 Å². The van der Waals surface area contributed by atoms with Crippen LogP contribution in [0.25, 0.3) is 106 Å². The van der Waals surface area contributed by atoms with Gasteiger partial charge in [-0.2, -0.15) is 10.5 Å². The largest absolute Gasteiger partial charge is 0.308 e. The van der Waals surface area contributed by atoms with E-state index in [2.05, 4.69) is 144 Å². The lowest BCUT2D eigenvalue weighted by atomic mass is 9.90. The molecule has 0 saturated heterocycles. The Morgan fingerprint density at radius 2 is 0.738 bits per heavy atom. The fourth-order valence-corrected chi connectivity index (χ4v) is 8.93. The molecular weight excluding hydrogens is 791 g/mol. The van der Waals surface area contributed by atoms with Crippen LogP contribution in [-0.4, -0.2) is 14.5 Å². The standard InChI is InChI=1S/C60H37N5/c61-38-40-15-13-25-48(31-40)51-35-50(56-37-55(44-21-9-3-10-22-44)63-60(64-56)45-23-11-4-12-24-45)36-52(49-26-14-16-41(32-49)39-62)59(51)65-57-29-27-46(42-17-5-1-6-18-42)33-53(57)54-34-47(28-30-58(54)65)43-19-7-2-8-20-43/h1-37H. The normalized spacial score (nSPS) is 11.0. The van der Waals surface area contributed by atoms with Gasteiger partial charge in [-0.3, -0.25) is 0 Å². The van der Waals surface area contributed by atoms with Crippen LogP contribution in [0.3, 0.4) is 0 Å². The van der Waals surface area contributed by atoms with Crippen molar-refractivity contribution in [2.45, 2.75) is 0 Å². The van der Waals surface area contributed by atoms with Gasteiger partial charge >= 0.3 is 0 Å². The molecule has 0 aliphatic rings. The molecule has 11 aromatic rings. The van der Waals surface area contributed by atoms with Gasteiger partial charge in [-0.05, 0) is 100 Å². The quantitative estimate of drug-likeness (QED) is 0.153. The van der Waals surface area contributed by atoms with E-state index >= 15 is 0 Å². The molecule has 5 heteroatoms. The van der Waals surface area contributed by atoms with Crippen LogP contribution in [0.4, 0.5) is 0 Å². The molecule has 11 rings (SSSR count). The van der Waals surface area contributed by atoms with Gasteiger partial charge in [0.2, 0.25) is 0 Å². The van der Waals surface area contributed by atoms with Gasteiger partial charge in [0.25, 0.3) is 0 Å². The minimum Gasteiger partial charge on any atom is -0.308 e. The Kier molecular flexibility index (Phi) is 9.90. The predicted octanol–water partition coefficient (Wildman–Crippen LogP) is 15.0. The van der Waals surface area contributed by atoms with Crippen LogP contribution in [0.15, 0.2) is 224 Å². The number of nitriles is 2. The highest BCUT2D eigenvalue weighted by Gasteiger charge is 2.24. The second kappa shape index (κ2) is 16.6. The molecule has 0 fully saturated rings. The van der Waals surface area contributed by atoms with Crippen molar-refractivity contribution < 1.29 is 0 Å². The second-order valence-corrected chi connectivity index (χ2v) is 16.0. The Labute approximate surface area is 377 Å². The Bertz CT molecular complexity index is 3420. The Balaban J connectivity index is 1.27. The van der Waals surface area contributed by atoms with Crippen LogP contribution in [0.1, 0.15) is 11.1 Å². The van der Waals surface area contributed by atoms with Crippen molar-refractivity contribution in [2.24, 2.45) is 0 Å². The van der Waals surface area contributed by atoms with Gasteiger partial charge in [0.15, 0.2) is 5.82 Å². The summed E-state index contributed by atoms with van der Waals surface area (Å²) in [5, 5.41) is 22.8. The van der Waals surface area contributed by atoms with E-state index in [9.17, 15) is 10.5 Å². The molecule has 65 heavy (non-hydrogen) atoms. The van der Waals surface area contributed by atoms with E-state index in [0.717, 1.165) is 100 Å². The highest BCUT2D eigenvalue weighted by atomic mass is 15.0. The van der Waals surface area contributed by atoms with E-state index in [0.29, 0.717) is 17.0 Å². The lowest BCUT2D eigenvalue weighted by Crippen LogP contribution is -2.03. The summed E-state index contributed by atoms with van der Waals surface area (Å²) in [6.07, 6.45) is 0. The third-order valence-corrected chi connectivity index (χ3v) is 12.0. The fourth-order valence-electron chi connectivity index (χ4n) is 8.93. The van der Waals surface area contributed by atoms with Gasteiger partial charge in [-0.15, -0.1) is 0 Å². The monoisotopic (exact) mass is 827 g/mol. The maximum Gasteiger partial charge on any atom is 0.160 e. The maximum absolute atomic E-state index is 10.3. The minimum atomic E-state index is 0.550. The third-order valence-electron chi connectivity index (χ3n) is 12.0. The van der Waals surface area contributed by atoms with Gasteiger partial charge in [0.05, 0.1) is 51.4 Å². The third kappa shape index (κ3) is 7.30. The van der Waals surface area contributed by atoms with Crippen molar-refractivity contribution in [1.29, 1.82) is 10.5 Å². The van der Waals surface area contributed by atoms with E-state index in [1.54, 1.807) is 0 Å². The van der Waals surface area contributed by atoms with Crippen molar-refractivity contribution in [2.75, 3.05) is 0 Å². The Morgan fingerprint density at radius 1 is 0.323 bits per heavy atom. The minimum absolute atomic E-state index is 0.550. The smallest absolute Gasteiger partial charge is 0.160 e. The molecule has 0 unspecified atom stereocenters. The van der Waals surface area contributed by atoms with Crippen LogP contribution in [0.2, 0.25) is 0 Å². The number of hydrogen-bond acceptors (Lipinski definition) is 4. The molecule has 0 N–H and O–H groups in total. The lowest BCUT2D eigenvalue weighted by Gasteiger charge is -2.21. The number of rotatable bonds is 8. The zero-order valence-electron chi connectivity index (χ0n) is 35.1. The van der Waals surface area contributed by atoms with E-state index in [1.165, 1.54) is 0 Å². The number of fused-ring (bicyclic) bond motifs is 3. The molecule has 302 valence electrons. The van der Waals surface area contributed by atoms with E-state index in [1.807, 2.05) is 97.1 Å². The highest BCUT2D eigenvalue weighted by molar-refractivity contribution is 6.13. The zero-order valence-corrected chi connectivity index (χ0v) is 35.1. The van der Waals surface area contributed by atoms with Gasteiger partial charge in [-0.1, -0.05) is 158 Å². The summed E-state index contributed by atoms with van der Waals surface area (Å²) in [4.78, 5) is 10.4. The molecule has 0 aliphatic carbocycles. The zero-order chi connectivity index (χ0) is 43.7. The van der Waals surface area contributed by atoms with Gasteiger partial charge in [0, 0.05) is 38.6 Å². The lowest BCUT2D eigenvalue weighted by molar-refractivity contribution is 1.17. The van der Waals surface area contributed by atoms with Crippen LogP contribution >= 0.6 is 0 Å². The summed E-state index contributed by atoms with van der Waals surface area (Å²) in [6.45, 7) is 0. The molecule has 2 aromatic heterocycles. The fraction of sp³-hybridized carbons (Fsp3) is 0. The molecule has 0 aliphatic heterocycles. The molecule has 0 radical (unpaired) electrons. The summed E-state index contributed by atoms with van der Waals surface area (Å²) in [7, 11) is 0. The van der Waals surface area contributed by atoms with Crippen molar-refractivity contribution in [3.63, 3.8) is 0 Å². The van der Waals surface area contributed by atoms with Crippen molar-refractivity contribution in [3.05, 3.63) is 236 Å². The topological polar surface area (TPSA) is 78.3 Å². The van der Waals surface area contributed by atoms with Crippen molar-refractivity contribution in [1.82, 2.24) is 14.5 Å². The molecule has 0 amide bonds. The summed E-state index contributed by atoms with van der Waals surface area (Å²) in [6, 6.07) is 81.5. The van der Waals surface area contributed by atoms with Crippen LogP contribution in [0.5, 0.6) is 0 Å². The van der Waals surface area contributed by atoms with Crippen molar-refractivity contribution in [3.8, 4) is 96.2 Å². The molecule has 5 nitrogen and oxygen atoms in total. The van der Waals surface area contributed by atoms with E-state index in [4.69, 9.17) is 9.97 Å². The van der Waals surface area contributed by atoms with Crippen LogP contribution in [0, 0.1) is 22.7 Å². The number of hydrogen-bond donors (Lipinski definition) is 0. The molecular formula is C60H37N5. The molecule has 0 atom stereocenters. The SMILES string of the molecule is N#Cc1cccc(-c2cc(-c3cc(-c4ccccc4)nc(-c4ccccc4)n3)cc(-c3cccc(C#N)c3)c2-n2c3ccc(-c4ccccc4)cc3c3cc(-c4ccccc4)ccc32)c1. The summed E-state index contributed by atoms with van der Waals surface area (Å²) >= 11 is 0. The van der Waals surface area contributed by atoms with E-state index < -0.39 is 0 Å². The number of nitrogens with zero attached hydrogens (tertiary/aromatic N) is 5. The second-order valence-electron chi connectivity index (χ2n) is 16.0.